The van der Waals surface area contributed by atoms with Crippen LogP contribution in [0.4, 0.5) is 0 Å². The minimum atomic E-state index is -0.720. The minimum Gasteiger partial charge on any atom is -0.311 e. The van der Waals surface area contributed by atoms with Gasteiger partial charge in [-0.2, -0.15) is 0 Å². The molecule has 3 nitrogen and oxygen atoms in total. The average molecular weight is 289 g/mol. The normalized spacial score (nSPS) is 29.5. The van der Waals surface area contributed by atoms with Gasteiger partial charge >= 0.3 is 0 Å². The minimum absolute atomic E-state index is 0.269. The molecule has 1 fully saturated rings. The van der Waals surface area contributed by atoms with Crippen LogP contribution in [0.5, 0.6) is 0 Å². The van der Waals surface area contributed by atoms with Crippen LogP contribution in [0.2, 0.25) is 0 Å². The third kappa shape index (κ3) is 4.83. The first-order valence-corrected chi connectivity index (χ1v) is 9.14. The van der Waals surface area contributed by atoms with Crippen LogP contribution < -0.4 is 5.32 Å². The lowest BCUT2D eigenvalue weighted by atomic mass is 9.83. The fourth-order valence-electron chi connectivity index (χ4n) is 2.93. The summed E-state index contributed by atoms with van der Waals surface area (Å²) < 4.78 is 11.5. The van der Waals surface area contributed by atoms with E-state index in [9.17, 15) is 4.21 Å². The average Bonchev–Trinajstić information content (AvgIpc) is 2.25. The van der Waals surface area contributed by atoms with Crippen LogP contribution in [0.25, 0.3) is 0 Å². The van der Waals surface area contributed by atoms with Crippen LogP contribution in [-0.4, -0.2) is 52.3 Å². The fourth-order valence-corrected chi connectivity index (χ4v) is 3.80. The van der Waals surface area contributed by atoms with Crippen molar-refractivity contribution in [3.05, 3.63) is 0 Å². The Morgan fingerprint density at radius 3 is 2.32 bits per heavy atom. The molecule has 0 spiro atoms. The molecule has 4 unspecified atom stereocenters. The van der Waals surface area contributed by atoms with Crippen molar-refractivity contribution < 1.29 is 4.21 Å². The van der Waals surface area contributed by atoms with Crippen molar-refractivity contribution in [3.8, 4) is 0 Å². The Hall–Kier alpha value is 0.0700. The summed E-state index contributed by atoms with van der Waals surface area (Å²) in [5.74, 6) is 1.40. The Labute approximate surface area is 122 Å². The van der Waals surface area contributed by atoms with E-state index in [0.29, 0.717) is 24.0 Å². The number of nitrogens with zero attached hydrogens (tertiary/aromatic N) is 1. The number of piperazine rings is 1. The first-order chi connectivity index (χ1) is 8.62. The lowest BCUT2D eigenvalue weighted by Gasteiger charge is -2.48. The van der Waals surface area contributed by atoms with Crippen molar-refractivity contribution in [3.63, 3.8) is 0 Å². The molecule has 19 heavy (non-hydrogen) atoms. The van der Waals surface area contributed by atoms with E-state index in [4.69, 9.17) is 0 Å². The SMILES string of the molecule is CC(C)C1CNC(C(C)(C)C)CN1C(C)CS(C)=O. The summed E-state index contributed by atoms with van der Waals surface area (Å²) in [4.78, 5) is 2.58. The second-order valence-corrected chi connectivity index (χ2v) is 8.90. The van der Waals surface area contributed by atoms with Gasteiger partial charge in [0.25, 0.3) is 0 Å². The van der Waals surface area contributed by atoms with Gasteiger partial charge in [0.05, 0.1) is 0 Å². The Morgan fingerprint density at radius 1 is 1.32 bits per heavy atom. The number of rotatable bonds is 4. The van der Waals surface area contributed by atoms with Crippen LogP contribution in [0.3, 0.4) is 0 Å². The standard InChI is InChI=1S/C15H32N2OS/c1-11(2)13-8-16-14(15(4,5)6)9-17(13)12(3)10-19(7)18/h11-14,16H,8-10H2,1-7H3. The molecule has 1 N–H and O–H groups in total. The van der Waals surface area contributed by atoms with Gasteiger partial charge in [0, 0.05) is 54.0 Å². The zero-order valence-electron chi connectivity index (χ0n) is 13.7. The summed E-state index contributed by atoms with van der Waals surface area (Å²) in [6, 6.07) is 1.46. The van der Waals surface area contributed by atoms with Gasteiger partial charge in [-0.05, 0) is 18.3 Å². The first-order valence-electron chi connectivity index (χ1n) is 7.42. The molecule has 0 aromatic heterocycles. The Balaban J connectivity index is 2.81. The van der Waals surface area contributed by atoms with Gasteiger partial charge in [-0.15, -0.1) is 0 Å². The summed E-state index contributed by atoms with van der Waals surface area (Å²) in [5, 5.41) is 3.71. The summed E-state index contributed by atoms with van der Waals surface area (Å²) in [5.41, 5.74) is 0.269. The molecule has 1 aliphatic rings. The first kappa shape index (κ1) is 17.1. The van der Waals surface area contributed by atoms with Crippen molar-refractivity contribution in [1.29, 1.82) is 0 Å². The maximum atomic E-state index is 11.5. The van der Waals surface area contributed by atoms with Crippen molar-refractivity contribution in [2.24, 2.45) is 11.3 Å². The van der Waals surface area contributed by atoms with Crippen LogP contribution >= 0.6 is 0 Å². The van der Waals surface area contributed by atoms with Crippen molar-refractivity contribution in [2.45, 2.75) is 59.7 Å². The predicted octanol–water partition coefficient (Wildman–Crippen LogP) is 2.10. The zero-order valence-corrected chi connectivity index (χ0v) is 14.5. The highest BCUT2D eigenvalue weighted by atomic mass is 32.2. The second-order valence-electron chi connectivity index (χ2n) is 7.42. The molecule has 114 valence electrons. The third-order valence-electron chi connectivity index (χ3n) is 4.25. The molecule has 0 bridgehead atoms. The highest BCUT2D eigenvalue weighted by molar-refractivity contribution is 7.84. The van der Waals surface area contributed by atoms with Crippen LogP contribution in [0.15, 0.2) is 0 Å². The highest BCUT2D eigenvalue weighted by Crippen LogP contribution is 2.27. The molecule has 0 aliphatic carbocycles. The largest absolute Gasteiger partial charge is 0.311 e. The molecule has 0 saturated carbocycles. The monoisotopic (exact) mass is 288 g/mol. The van der Waals surface area contributed by atoms with Crippen molar-refractivity contribution in [1.82, 2.24) is 10.2 Å². The fraction of sp³-hybridized carbons (Fsp3) is 1.00. The van der Waals surface area contributed by atoms with Gasteiger partial charge in [-0.3, -0.25) is 9.11 Å². The topological polar surface area (TPSA) is 32.3 Å². The van der Waals surface area contributed by atoms with E-state index in [1.54, 1.807) is 0 Å². The molecule has 1 heterocycles. The summed E-state index contributed by atoms with van der Waals surface area (Å²) >= 11 is 0. The number of hydrogen-bond donors (Lipinski definition) is 1. The quantitative estimate of drug-likeness (QED) is 0.860. The molecule has 1 rings (SSSR count). The molecule has 0 aromatic carbocycles. The Bertz CT molecular complexity index is 312. The molecule has 1 saturated heterocycles. The third-order valence-corrected chi connectivity index (χ3v) is 5.20. The van der Waals surface area contributed by atoms with E-state index in [1.165, 1.54) is 0 Å². The Kier molecular flexibility index (Phi) is 6.02. The summed E-state index contributed by atoms with van der Waals surface area (Å²) in [6.45, 7) is 15.8. The van der Waals surface area contributed by atoms with Crippen molar-refractivity contribution >= 4 is 10.8 Å². The lowest BCUT2D eigenvalue weighted by Crippen LogP contribution is -2.64. The van der Waals surface area contributed by atoms with Gasteiger partial charge < -0.3 is 5.32 Å². The molecule has 0 amide bonds. The predicted molar refractivity (Wildman–Crippen MR) is 85.0 cm³/mol. The van der Waals surface area contributed by atoms with E-state index in [-0.39, 0.29) is 5.41 Å². The van der Waals surface area contributed by atoms with Gasteiger partial charge in [-0.25, -0.2) is 0 Å². The van der Waals surface area contributed by atoms with E-state index in [0.717, 1.165) is 18.8 Å². The van der Waals surface area contributed by atoms with Gasteiger partial charge in [-0.1, -0.05) is 34.6 Å². The highest BCUT2D eigenvalue weighted by Gasteiger charge is 2.37. The van der Waals surface area contributed by atoms with Gasteiger partial charge in [0.2, 0.25) is 0 Å². The second kappa shape index (κ2) is 6.68. The zero-order chi connectivity index (χ0) is 14.8. The van der Waals surface area contributed by atoms with E-state index >= 15 is 0 Å². The van der Waals surface area contributed by atoms with Crippen LogP contribution in [0, 0.1) is 11.3 Å². The summed E-state index contributed by atoms with van der Waals surface area (Å²) in [7, 11) is -0.720. The molecule has 4 heteroatoms. The summed E-state index contributed by atoms with van der Waals surface area (Å²) in [6.07, 6.45) is 1.81. The van der Waals surface area contributed by atoms with E-state index in [1.807, 2.05) is 6.26 Å². The smallest absolute Gasteiger partial charge is 0.0385 e. The van der Waals surface area contributed by atoms with Gasteiger partial charge in [0.1, 0.15) is 0 Å². The number of nitrogens with one attached hydrogen (secondary N) is 1. The molecular weight excluding hydrogens is 256 g/mol. The maximum absolute atomic E-state index is 11.5. The maximum Gasteiger partial charge on any atom is 0.0385 e. The van der Waals surface area contributed by atoms with Crippen LogP contribution in [0.1, 0.15) is 41.5 Å². The molecule has 0 aromatic rings. The lowest BCUT2D eigenvalue weighted by molar-refractivity contribution is 0.0412. The Morgan fingerprint density at radius 2 is 1.89 bits per heavy atom. The molecule has 0 radical (unpaired) electrons. The molecule has 1 aliphatic heterocycles. The van der Waals surface area contributed by atoms with Crippen molar-refractivity contribution in [2.75, 3.05) is 25.1 Å². The van der Waals surface area contributed by atoms with E-state index in [2.05, 4.69) is 51.8 Å². The molecular formula is C15H32N2OS. The molecule has 4 atom stereocenters. The number of hydrogen-bond acceptors (Lipinski definition) is 3. The van der Waals surface area contributed by atoms with Crippen LogP contribution in [-0.2, 0) is 10.8 Å². The van der Waals surface area contributed by atoms with Gasteiger partial charge in [0.15, 0.2) is 0 Å². The van der Waals surface area contributed by atoms with E-state index < -0.39 is 10.8 Å².